The Morgan fingerprint density at radius 3 is 2.83 bits per heavy atom. The Hall–Kier alpha value is -0.780. The second kappa shape index (κ2) is 4.30. The van der Waals surface area contributed by atoms with Crippen molar-refractivity contribution < 1.29 is 0 Å². The summed E-state index contributed by atoms with van der Waals surface area (Å²) >= 11 is 0. The Kier molecular flexibility index (Phi) is 3.33. The van der Waals surface area contributed by atoms with E-state index in [0.717, 1.165) is 5.92 Å². The molecule has 0 amide bonds. The van der Waals surface area contributed by atoms with Gasteiger partial charge in [-0.05, 0) is 25.7 Å². The molecular formula is C12H18. The second-order valence-electron chi connectivity index (χ2n) is 3.49. The third-order valence-corrected chi connectivity index (χ3v) is 2.57. The van der Waals surface area contributed by atoms with Crippen LogP contribution < -0.4 is 0 Å². The van der Waals surface area contributed by atoms with Crippen molar-refractivity contribution in [2.75, 3.05) is 0 Å². The zero-order valence-corrected chi connectivity index (χ0v) is 8.30. The van der Waals surface area contributed by atoms with E-state index in [1.54, 1.807) is 5.57 Å². The molecule has 12 heavy (non-hydrogen) atoms. The highest BCUT2D eigenvalue weighted by Gasteiger charge is 2.07. The van der Waals surface area contributed by atoms with Crippen molar-refractivity contribution in [2.24, 2.45) is 5.92 Å². The Balaban J connectivity index is 2.93. The van der Waals surface area contributed by atoms with Gasteiger partial charge < -0.3 is 0 Å². The van der Waals surface area contributed by atoms with E-state index in [1.165, 1.54) is 18.4 Å². The first-order valence-corrected chi connectivity index (χ1v) is 4.78. The monoisotopic (exact) mass is 162 g/mol. The molecule has 0 fully saturated rings. The normalized spacial score (nSPS) is 24.1. The lowest BCUT2D eigenvalue weighted by Crippen LogP contribution is -2.00. The van der Waals surface area contributed by atoms with Crippen molar-refractivity contribution in [1.82, 2.24) is 0 Å². The zero-order chi connectivity index (χ0) is 8.97. The third-order valence-electron chi connectivity index (χ3n) is 2.57. The van der Waals surface area contributed by atoms with Gasteiger partial charge in [-0.3, -0.25) is 0 Å². The van der Waals surface area contributed by atoms with E-state index in [1.807, 2.05) is 0 Å². The van der Waals surface area contributed by atoms with Crippen molar-refractivity contribution in [3.63, 3.8) is 0 Å². The SMILES string of the molecule is CCC1=C(C)C=CC=CCC1C. The standard InChI is InChI=1S/C12H18/c1-4-12-10(2)8-6-5-7-9-11(12)3/h5-8,11H,4,9H2,1-3H3. The van der Waals surface area contributed by atoms with Crippen LogP contribution in [0.15, 0.2) is 35.5 Å². The van der Waals surface area contributed by atoms with E-state index >= 15 is 0 Å². The lowest BCUT2D eigenvalue weighted by Gasteiger charge is -2.16. The molecule has 0 radical (unpaired) electrons. The molecule has 0 spiro atoms. The van der Waals surface area contributed by atoms with Crippen LogP contribution >= 0.6 is 0 Å². The van der Waals surface area contributed by atoms with E-state index in [0.29, 0.717) is 0 Å². The van der Waals surface area contributed by atoms with Crippen molar-refractivity contribution in [3.8, 4) is 0 Å². The molecule has 0 saturated heterocycles. The minimum atomic E-state index is 0.719. The van der Waals surface area contributed by atoms with Gasteiger partial charge in [0.05, 0.1) is 0 Å². The van der Waals surface area contributed by atoms with E-state index in [-0.39, 0.29) is 0 Å². The van der Waals surface area contributed by atoms with Crippen molar-refractivity contribution in [2.45, 2.75) is 33.6 Å². The van der Waals surface area contributed by atoms with Gasteiger partial charge in [-0.15, -0.1) is 0 Å². The molecule has 1 atom stereocenters. The number of hydrogen-bond donors (Lipinski definition) is 0. The van der Waals surface area contributed by atoms with Crippen LogP contribution in [0, 0.1) is 5.92 Å². The molecule has 0 N–H and O–H groups in total. The van der Waals surface area contributed by atoms with Gasteiger partial charge in [-0.2, -0.15) is 0 Å². The minimum absolute atomic E-state index is 0.719. The number of rotatable bonds is 1. The molecule has 0 saturated carbocycles. The van der Waals surface area contributed by atoms with E-state index in [4.69, 9.17) is 0 Å². The van der Waals surface area contributed by atoms with E-state index < -0.39 is 0 Å². The Morgan fingerprint density at radius 1 is 1.42 bits per heavy atom. The largest absolute Gasteiger partial charge is 0.0840 e. The highest BCUT2D eigenvalue weighted by molar-refractivity contribution is 5.29. The molecule has 0 nitrogen and oxygen atoms in total. The van der Waals surface area contributed by atoms with Crippen LogP contribution in [-0.2, 0) is 0 Å². The zero-order valence-electron chi connectivity index (χ0n) is 8.30. The fraction of sp³-hybridized carbons (Fsp3) is 0.500. The molecule has 0 heteroatoms. The molecule has 0 aliphatic heterocycles. The summed E-state index contributed by atoms with van der Waals surface area (Å²) in [6.07, 6.45) is 11.1. The molecule has 66 valence electrons. The van der Waals surface area contributed by atoms with Crippen LogP contribution in [0.2, 0.25) is 0 Å². The summed E-state index contributed by atoms with van der Waals surface area (Å²) in [5.41, 5.74) is 3.06. The van der Waals surface area contributed by atoms with E-state index in [2.05, 4.69) is 45.1 Å². The van der Waals surface area contributed by atoms with Crippen molar-refractivity contribution in [1.29, 1.82) is 0 Å². The van der Waals surface area contributed by atoms with Crippen molar-refractivity contribution >= 4 is 0 Å². The highest BCUT2D eigenvalue weighted by atomic mass is 14.1. The number of allylic oxidation sites excluding steroid dienone is 6. The van der Waals surface area contributed by atoms with Gasteiger partial charge in [0.15, 0.2) is 0 Å². The lowest BCUT2D eigenvalue weighted by atomic mass is 9.90. The Morgan fingerprint density at radius 2 is 2.17 bits per heavy atom. The molecule has 1 unspecified atom stereocenters. The maximum absolute atomic E-state index is 2.31. The molecule has 0 aromatic carbocycles. The average Bonchev–Trinajstić information content (AvgIpc) is 2.02. The summed E-state index contributed by atoms with van der Waals surface area (Å²) in [5, 5.41) is 0. The summed E-state index contributed by atoms with van der Waals surface area (Å²) < 4.78 is 0. The average molecular weight is 162 g/mol. The summed E-state index contributed by atoms with van der Waals surface area (Å²) in [6.45, 7) is 6.77. The molecule has 1 aliphatic rings. The van der Waals surface area contributed by atoms with Crippen LogP contribution in [0.1, 0.15) is 33.6 Å². The summed E-state index contributed by atoms with van der Waals surface area (Å²) in [6, 6.07) is 0. The first-order chi connectivity index (χ1) is 5.75. The molecule has 1 aliphatic carbocycles. The molecule has 1 rings (SSSR count). The van der Waals surface area contributed by atoms with Gasteiger partial charge in [-0.25, -0.2) is 0 Å². The maximum atomic E-state index is 2.31. The predicted molar refractivity (Wildman–Crippen MR) is 55.1 cm³/mol. The summed E-state index contributed by atoms with van der Waals surface area (Å²) in [5.74, 6) is 0.719. The van der Waals surface area contributed by atoms with Gasteiger partial charge >= 0.3 is 0 Å². The fourth-order valence-electron chi connectivity index (χ4n) is 1.83. The first kappa shape index (κ1) is 9.31. The van der Waals surface area contributed by atoms with Crippen molar-refractivity contribution in [3.05, 3.63) is 35.5 Å². The molecule has 0 aromatic rings. The summed E-state index contributed by atoms with van der Waals surface area (Å²) in [7, 11) is 0. The van der Waals surface area contributed by atoms with Gasteiger partial charge in [-0.1, -0.05) is 49.3 Å². The van der Waals surface area contributed by atoms with E-state index in [9.17, 15) is 0 Å². The molecule has 0 bridgehead atoms. The topological polar surface area (TPSA) is 0 Å². The molecule has 0 heterocycles. The molecule has 0 aromatic heterocycles. The smallest absolute Gasteiger partial charge is 0.0191 e. The summed E-state index contributed by atoms with van der Waals surface area (Å²) in [4.78, 5) is 0. The van der Waals surface area contributed by atoms with Crippen LogP contribution in [0.4, 0.5) is 0 Å². The highest BCUT2D eigenvalue weighted by Crippen LogP contribution is 2.24. The minimum Gasteiger partial charge on any atom is -0.0840 e. The van der Waals surface area contributed by atoms with Crippen LogP contribution in [0.3, 0.4) is 0 Å². The third kappa shape index (κ3) is 2.10. The number of hydrogen-bond acceptors (Lipinski definition) is 0. The van der Waals surface area contributed by atoms with Crippen LogP contribution in [0.5, 0.6) is 0 Å². The predicted octanol–water partition coefficient (Wildman–Crippen LogP) is 3.87. The van der Waals surface area contributed by atoms with Crippen LogP contribution in [0.25, 0.3) is 0 Å². The van der Waals surface area contributed by atoms with Gasteiger partial charge in [0, 0.05) is 0 Å². The maximum Gasteiger partial charge on any atom is -0.0191 e. The van der Waals surface area contributed by atoms with Gasteiger partial charge in [0.1, 0.15) is 0 Å². The van der Waals surface area contributed by atoms with Crippen LogP contribution in [-0.4, -0.2) is 0 Å². The Labute approximate surface area is 75.7 Å². The first-order valence-electron chi connectivity index (χ1n) is 4.78. The van der Waals surface area contributed by atoms with Gasteiger partial charge in [0.25, 0.3) is 0 Å². The second-order valence-corrected chi connectivity index (χ2v) is 3.49. The lowest BCUT2D eigenvalue weighted by molar-refractivity contribution is 0.660. The fourth-order valence-corrected chi connectivity index (χ4v) is 1.83. The quantitative estimate of drug-likeness (QED) is 0.549. The molecular weight excluding hydrogens is 144 g/mol. The van der Waals surface area contributed by atoms with Gasteiger partial charge in [0.2, 0.25) is 0 Å². The Bertz CT molecular complexity index is 228.